The molecule has 2 aliphatic rings. The quantitative estimate of drug-likeness (QED) is 0.538. The molecule has 0 aliphatic carbocycles. The van der Waals surface area contributed by atoms with Crippen LogP contribution < -0.4 is 20.3 Å². The summed E-state index contributed by atoms with van der Waals surface area (Å²) in [6, 6.07) is 16.7. The van der Waals surface area contributed by atoms with Crippen molar-refractivity contribution in [1.82, 2.24) is 15.3 Å². The third-order valence-corrected chi connectivity index (χ3v) is 6.37. The van der Waals surface area contributed by atoms with E-state index in [0.29, 0.717) is 24.7 Å². The molecular formula is C26H29N5O4. The monoisotopic (exact) mass is 475 g/mol. The van der Waals surface area contributed by atoms with Gasteiger partial charge < -0.3 is 29.7 Å². The van der Waals surface area contributed by atoms with Crippen molar-refractivity contribution in [2.24, 2.45) is 0 Å². The molecule has 4 atom stereocenters. The SMILES string of the molecule is COc1ccccc1-c1ccnc(N[C@H]2CO[C@H]3[C@H]2OC[C@H]3NC(=O)c2ccc(N(C)C)cc2)n1. The highest BCUT2D eigenvalue weighted by molar-refractivity contribution is 5.94. The minimum atomic E-state index is -0.241. The van der Waals surface area contributed by atoms with Crippen molar-refractivity contribution < 1.29 is 19.0 Å². The number of anilines is 2. The molecule has 3 heterocycles. The molecule has 2 aromatic carbocycles. The van der Waals surface area contributed by atoms with Crippen LogP contribution in [0.4, 0.5) is 11.6 Å². The molecule has 0 saturated carbocycles. The first-order valence-electron chi connectivity index (χ1n) is 11.6. The first-order chi connectivity index (χ1) is 17.0. The maximum atomic E-state index is 12.8. The number of methoxy groups -OCH3 is 1. The van der Waals surface area contributed by atoms with E-state index in [9.17, 15) is 4.79 Å². The molecule has 0 spiro atoms. The van der Waals surface area contributed by atoms with E-state index in [1.807, 2.05) is 73.6 Å². The van der Waals surface area contributed by atoms with Gasteiger partial charge in [-0.1, -0.05) is 12.1 Å². The van der Waals surface area contributed by atoms with Crippen LogP contribution in [0, 0.1) is 0 Å². The van der Waals surface area contributed by atoms with Crippen LogP contribution >= 0.6 is 0 Å². The van der Waals surface area contributed by atoms with Gasteiger partial charge in [0.15, 0.2) is 0 Å². The number of rotatable bonds is 7. The molecule has 1 amide bonds. The lowest BCUT2D eigenvalue weighted by molar-refractivity contribution is 0.0652. The number of benzene rings is 2. The number of amides is 1. The van der Waals surface area contributed by atoms with Crippen LogP contribution in [0.2, 0.25) is 0 Å². The second-order valence-corrected chi connectivity index (χ2v) is 8.83. The summed E-state index contributed by atoms with van der Waals surface area (Å²) in [6.45, 7) is 0.818. The summed E-state index contributed by atoms with van der Waals surface area (Å²) in [4.78, 5) is 23.8. The second kappa shape index (κ2) is 9.89. The summed E-state index contributed by atoms with van der Waals surface area (Å²) in [7, 11) is 5.57. The van der Waals surface area contributed by atoms with Crippen LogP contribution in [0.25, 0.3) is 11.3 Å². The standard InChI is InChI=1S/C26H29N5O4/c1-31(2)17-10-8-16(9-11-17)25(32)28-20-14-34-24-21(15-35-23(20)24)30-26-27-13-12-19(29-26)18-6-4-5-7-22(18)33-3/h4-13,20-21,23-24H,14-15H2,1-3H3,(H,28,32)(H,27,29,30)/t20-,21+,23-,24+/m1/s1. The van der Waals surface area contributed by atoms with E-state index in [1.54, 1.807) is 13.3 Å². The van der Waals surface area contributed by atoms with E-state index in [0.717, 1.165) is 22.7 Å². The number of hydrogen-bond acceptors (Lipinski definition) is 8. The van der Waals surface area contributed by atoms with Crippen LogP contribution in [-0.4, -0.2) is 74.6 Å². The Kier molecular flexibility index (Phi) is 6.52. The van der Waals surface area contributed by atoms with Gasteiger partial charge in [-0.3, -0.25) is 4.79 Å². The fourth-order valence-corrected chi connectivity index (χ4v) is 4.51. The van der Waals surface area contributed by atoms with E-state index >= 15 is 0 Å². The fraction of sp³-hybridized carbons (Fsp3) is 0.346. The molecule has 35 heavy (non-hydrogen) atoms. The molecule has 2 aliphatic heterocycles. The van der Waals surface area contributed by atoms with Gasteiger partial charge >= 0.3 is 0 Å². The number of aromatic nitrogens is 2. The number of hydrogen-bond donors (Lipinski definition) is 2. The summed E-state index contributed by atoms with van der Waals surface area (Å²) in [5.41, 5.74) is 3.29. The fourth-order valence-electron chi connectivity index (χ4n) is 4.51. The van der Waals surface area contributed by atoms with Gasteiger partial charge in [0.05, 0.1) is 38.1 Å². The smallest absolute Gasteiger partial charge is 0.251 e. The Labute approximate surface area is 204 Å². The highest BCUT2D eigenvalue weighted by Crippen LogP contribution is 2.31. The van der Waals surface area contributed by atoms with Crippen molar-refractivity contribution in [3.63, 3.8) is 0 Å². The maximum Gasteiger partial charge on any atom is 0.251 e. The van der Waals surface area contributed by atoms with Gasteiger partial charge in [0, 0.05) is 37.1 Å². The largest absolute Gasteiger partial charge is 0.496 e. The Morgan fingerprint density at radius 1 is 1.00 bits per heavy atom. The highest BCUT2D eigenvalue weighted by atomic mass is 16.6. The number of carbonyl (C=O) groups excluding carboxylic acids is 1. The van der Waals surface area contributed by atoms with Crippen LogP contribution in [-0.2, 0) is 9.47 Å². The predicted molar refractivity (Wildman–Crippen MR) is 133 cm³/mol. The van der Waals surface area contributed by atoms with E-state index < -0.39 is 0 Å². The Morgan fingerprint density at radius 3 is 2.46 bits per heavy atom. The first kappa shape index (κ1) is 23.1. The molecule has 2 N–H and O–H groups in total. The lowest BCUT2D eigenvalue weighted by atomic mass is 10.1. The Bertz CT molecular complexity index is 1190. The van der Waals surface area contributed by atoms with Crippen molar-refractivity contribution in [3.05, 3.63) is 66.4 Å². The average molecular weight is 476 g/mol. The highest BCUT2D eigenvalue weighted by Gasteiger charge is 2.48. The molecule has 0 bridgehead atoms. The Morgan fingerprint density at radius 2 is 1.71 bits per heavy atom. The number of fused-ring (bicyclic) bond motifs is 1. The zero-order chi connectivity index (χ0) is 24.4. The Balaban J connectivity index is 1.23. The summed E-state index contributed by atoms with van der Waals surface area (Å²) in [6.07, 6.45) is 1.26. The van der Waals surface area contributed by atoms with Crippen molar-refractivity contribution >= 4 is 17.5 Å². The molecule has 9 nitrogen and oxygen atoms in total. The second-order valence-electron chi connectivity index (χ2n) is 8.83. The van der Waals surface area contributed by atoms with Gasteiger partial charge in [0.1, 0.15) is 18.0 Å². The number of nitrogens with zero attached hydrogens (tertiary/aromatic N) is 3. The molecule has 182 valence electrons. The van der Waals surface area contributed by atoms with Crippen LogP contribution in [0.1, 0.15) is 10.4 Å². The van der Waals surface area contributed by atoms with E-state index in [-0.39, 0.29) is 30.2 Å². The molecule has 0 unspecified atom stereocenters. The summed E-state index contributed by atoms with van der Waals surface area (Å²) in [5, 5.41) is 6.42. The molecule has 2 saturated heterocycles. The minimum absolute atomic E-state index is 0.130. The lowest BCUT2D eigenvalue weighted by Gasteiger charge is -2.19. The molecule has 3 aromatic rings. The van der Waals surface area contributed by atoms with Crippen molar-refractivity contribution in [1.29, 1.82) is 0 Å². The van der Waals surface area contributed by atoms with E-state index in [2.05, 4.69) is 20.6 Å². The van der Waals surface area contributed by atoms with E-state index in [4.69, 9.17) is 14.2 Å². The van der Waals surface area contributed by atoms with Gasteiger partial charge in [0.2, 0.25) is 5.95 Å². The number of para-hydroxylation sites is 1. The molecule has 1 aromatic heterocycles. The average Bonchev–Trinajstić information content (AvgIpc) is 3.47. The van der Waals surface area contributed by atoms with Crippen molar-refractivity contribution in [2.75, 3.05) is 44.6 Å². The third kappa shape index (κ3) is 4.78. The summed E-state index contributed by atoms with van der Waals surface area (Å²) < 4.78 is 17.5. The van der Waals surface area contributed by atoms with Gasteiger partial charge in [-0.05, 0) is 42.5 Å². The predicted octanol–water partition coefficient (Wildman–Crippen LogP) is 2.59. The van der Waals surface area contributed by atoms with E-state index in [1.165, 1.54) is 0 Å². The molecular weight excluding hydrogens is 446 g/mol. The maximum absolute atomic E-state index is 12.8. The number of carbonyl (C=O) groups is 1. The zero-order valence-corrected chi connectivity index (χ0v) is 20.0. The summed E-state index contributed by atoms with van der Waals surface area (Å²) >= 11 is 0. The lowest BCUT2D eigenvalue weighted by Crippen LogP contribution is -2.44. The Hall–Kier alpha value is -3.69. The van der Waals surface area contributed by atoms with Crippen LogP contribution in [0.15, 0.2) is 60.8 Å². The normalized spacial score (nSPS) is 22.9. The first-order valence-corrected chi connectivity index (χ1v) is 11.6. The van der Waals surface area contributed by atoms with Gasteiger partial charge in [0.25, 0.3) is 5.91 Å². The van der Waals surface area contributed by atoms with Gasteiger partial charge in [-0.2, -0.15) is 0 Å². The molecule has 2 fully saturated rings. The van der Waals surface area contributed by atoms with Crippen molar-refractivity contribution in [2.45, 2.75) is 24.3 Å². The summed E-state index contributed by atoms with van der Waals surface area (Å²) in [5.74, 6) is 1.09. The zero-order valence-electron chi connectivity index (χ0n) is 20.0. The molecule has 0 radical (unpaired) electrons. The van der Waals surface area contributed by atoms with Gasteiger partial charge in [-0.25, -0.2) is 9.97 Å². The third-order valence-electron chi connectivity index (χ3n) is 6.37. The topological polar surface area (TPSA) is 97.8 Å². The number of ether oxygens (including phenoxy) is 3. The number of nitrogens with one attached hydrogen (secondary N) is 2. The minimum Gasteiger partial charge on any atom is -0.496 e. The molecule has 9 heteroatoms. The van der Waals surface area contributed by atoms with Crippen LogP contribution in [0.5, 0.6) is 5.75 Å². The van der Waals surface area contributed by atoms with Crippen molar-refractivity contribution in [3.8, 4) is 17.0 Å². The molecule has 5 rings (SSSR count). The van der Waals surface area contributed by atoms with Gasteiger partial charge in [-0.15, -0.1) is 0 Å². The van der Waals surface area contributed by atoms with Crippen LogP contribution in [0.3, 0.4) is 0 Å².